The first-order valence-electron chi connectivity index (χ1n) is 5.96. The maximum absolute atomic E-state index is 13.5. The fraction of sp³-hybridized carbons (Fsp3) is 0.0667. The second kappa shape index (κ2) is 6.73. The molecule has 6 heteroatoms. The first-order chi connectivity index (χ1) is 10.1. The molecule has 2 aromatic rings. The van der Waals surface area contributed by atoms with Crippen LogP contribution in [-0.2, 0) is 4.79 Å². The van der Waals surface area contributed by atoms with Crippen molar-refractivity contribution in [3.8, 4) is 11.8 Å². The van der Waals surface area contributed by atoms with Gasteiger partial charge in [-0.05, 0) is 42.5 Å². The highest BCUT2D eigenvalue weighted by Gasteiger charge is 2.08. The summed E-state index contributed by atoms with van der Waals surface area (Å²) in [6, 6.07) is 12.1. The van der Waals surface area contributed by atoms with Gasteiger partial charge in [0.1, 0.15) is 0 Å². The maximum Gasteiger partial charge on any atom is 0.262 e. The van der Waals surface area contributed by atoms with Crippen LogP contribution in [-0.4, -0.2) is 12.5 Å². The summed E-state index contributed by atoms with van der Waals surface area (Å²) < 4.78 is 18.6. The van der Waals surface area contributed by atoms with E-state index >= 15 is 0 Å². The summed E-state index contributed by atoms with van der Waals surface area (Å²) in [5.74, 6) is -1.20. The number of rotatable bonds is 4. The Morgan fingerprint density at radius 2 is 2.00 bits per heavy atom. The lowest BCUT2D eigenvalue weighted by Crippen LogP contribution is -2.20. The normalized spacial score (nSPS) is 9.76. The van der Waals surface area contributed by atoms with E-state index in [1.54, 1.807) is 24.3 Å². The number of carbonyl (C=O) groups excluding carboxylic acids is 1. The number of halogens is 2. The molecule has 0 atom stereocenters. The minimum absolute atomic E-state index is 0.0831. The zero-order valence-electron chi connectivity index (χ0n) is 10.8. The van der Waals surface area contributed by atoms with E-state index in [0.29, 0.717) is 10.7 Å². The summed E-state index contributed by atoms with van der Waals surface area (Å²) in [6.45, 7) is -0.342. The minimum Gasteiger partial charge on any atom is -0.481 e. The SMILES string of the molecule is N#Cc1ccc(OCC(=O)Nc2ccc(Cl)cc2)c(F)c1. The molecule has 0 aliphatic carbocycles. The molecule has 0 saturated heterocycles. The summed E-state index contributed by atoms with van der Waals surface area (Å²) in [6.07, 6.45) is 0. The largest absolute Gasteiger partial charge is 0.481 e. The molecule has 0 heterocycles. The van der Waals surface area contributed by atoms with Crippen molar-refractivity contribution in [1.82, 2.24) is 0 Å². The van der Waals surface area contributed by atoms with Gasteiger partial charge in [0.15, 0.2) is 18.2 Å². The minimum atomic E-state index is -0.687. The van der Waals surface area contributed by atoms with Crippen LogP contribution in [0.25, 0.3) is 0 Å². The summed E-state index contributed by atoms with van der Waals surface area (Å²) in [7, 11) is 0. The molecule has 0 radical (unpaired) electrons. The van der Waals surface area contributed by atoms with Gasteiger partial charge >= 0.3 is 0 Å². The molecule has 0 fully saturated rings. The van der Waals surface area contributed by atoms with Crippen LogP contribution in [0.15, 0.2) is 42.5 Å². The Balaban J connectivity index is 1.92. The number of carbonyl (C=O) groups is 1. The Morgan fingerprint density at radius 1 is 1.29 bits per heavy atom. The Labute approximate surface area is 125 Å². The van der Waals surface area contributed by atoms with Gasteiger partial charge in [-0.1, -0.05) is 11.6 Å². The number of nitrogens with zero attached hydrogens (tertiary/aromatic N) is 1. The average Bonchev–Trinajstić information content (AvgIpc) is 2.48. The molecule has 106 valence electrons. The van der Waals surface area contributed by atoms with Crippen molar-refractivity contribution in [3.05, 3.63) is 58.9 Å². The Kier molecular flexibility index (Phi) is 4.75. The molecule has 0 aliphatic rings. The molecule has 0 unspecified atom stereocenters. The second-order valence-electron chi connectivity index (χ2n) is 4.10. The molecule has 2 rings (SSSR count). The average molecular weight is 305 g/mol. The molecule has 0 aromatic heterocycles. The number of nitriles is 1. The molecule has 0 bridgehead atoms. The summed E-state index contributed by atoms with van der Waals surface area (Å²) >= 11 is 5.73. The summed E-state index contributed by atoms with van der Waals surface area (Å²) in [5, 5.41) is 11.8. The molecule has 4 nitrogen and oxygen atoms in total. The van der Waals surface area contributed by atoms with Gasteiger partial charge in [-0.25, -0.2) is 4.39 Å². The lowest BCUT2D eigenvalue weighted by Gasteiger charge is -2.08. The Bertz CT molecular complexity index is 696. The van der Waals surface area contributed by atoms with Crippen LogP contribution in [0.2, 0.25) is 5.02 Å². The third-order valence-corrected chi connectivity index (χ3v) is 2.80. The van der Waals surface area contributed by atoms with Gasteiger partial charge in [0.2, 0.25) is 0 Å². The number of nitrogens with one attached hydrogen (secondary N) is 1. The van der Waals surface area contributed by atoms with Crippen LogP contribution in [0, 0.1) is 17.1 Å². The van der Waals surface area contributed by atoms with Crippen molar-refractivity contribution < 1.29 is 13.9 Å². The highest BCUT2D eigenvalue weighted by atomic mass is 35.5. The van der Waals surface area contributed by atoms with E-state index in [1.807, 2.05) is 6.07 Å². The van der Waals surface area contributed by atoms with Gasteiger partial charge in [-0.15, -0.1) is 0 Å². The molecule has 21 heavy (non-hydrogen) atoms. The van der Waals surface area contributed by atoms with E-state index in [4.69, 9.17) is 21.6 Å². The second-order valence-corrected chi connectivity index (χ2v) is 4.54. The van der Waals surface area contributed by atoms with Crippen molar-refractivity contribution >= 4 is 23.2 Å². The molecule has 0 aliphatic heterocycles. The van der Waals surface area contributed by atoms with E-state index in [2.05, 4.69) is 5.32 Å². The lowest BCUT2D eigenvalue weighted by atomic mass is 10.2. The smallest absolute Gasteiger partial charge is 0.262 e. The molecule has 2 aromatic carbocycles. The van der Waals surface area contributed by atoms with Gasteiger partial charge in [0, 0.05) is 10.7 Å². The maximum atomic E-state index is 13.5. The van der Waals surface area contributed by atoms with E-state index in [-0.39, 0.29) is 17.9 Å². The predicted octanol–water partition coefficient (Wildman–Crippen LogP) is 3.37. The fourth-order valence-electron chi connectivity index (χ4n) is 1.56. The first kappa shape index (κ1) is 14.8. The van der Waals surface area contributed by atoms with Gasteiger partial charge < -0.3 is 10.1 Å². The molecule has 0 spiro atoms. The standard InChI is InChI=1S/C15H10ClFN2O2/c16-11-2-4-12(5-3-11)19-15(20)9-21-14-6-1-10(8-18)7-13(14)17/h1-7H,9H2,(H,19,20). The van der Waals surface area contributed by atoms with Crippen LogP contribution in [0.3, 0.4) is 0 Å². The highest BCUT2D eigenvalue weighted by Crippen LogP contribution is 2.18. The van der Waals surface area contributed by atoms with Crippen molar-refractivity contribution in [2.24, 2.45) is 0 Å². The number of hydrogen-bond donors (Lipinski definition) is 1. The van der Waals surface area contributed by atoms with Gasteiger partial charge in [0.05, 0.1) is 11.6 Å². The highest BCUT2D eigenvalue weighted by molar-refractivity contribution is 6.30. The van der Waals surface area contributed by atoms with Crippen LogP contribution in [0.5, 0.6) is 5.75 Å². The summed E-state index contributed by atoms with van der Waals surface area (Å²) in [4.78, 5) is 11.7. The van der Waals surface area contributed by atoms with Crippen molar-refractivity contribution in [3.63, 3.8) is 0 Å². The molecular formula is C15H10ClFN2O2. The number of amides is 1. The summed E-state index contributed by atoms with van der Waals surface area (Å²) in [5.41, 5.74) is 0.749. The monoisotopic (exact) mass is 304 g/mol. The van der Waals surface area contributed by atoms with Crippen molar-refractivity contribution in [1.29, 1.82) is 5.26 Å². The zero-order chi connectivity index (χ0) is 15.2. The number of benzene rings is 2. The van der Waals surface area contributed by atoms with Crippen molar-refractivity contribution in [2.75, 3.05) is 11.9 Å². The molecule has 0 saturated carbocycles. The first-order valence-corrected chi connectivity index (χ1v) is 6.34. The fourth-order valence-corrected chi connectivity index (χ4v) is 1.69. The van der Waals surface area contributed by atoms with Crippen LogP contribution in [0.1, 0.15) is 5.56 Å². The lowest BCUT2D eigenvalue weighted by molar-refractivity contribution is -0.118. The Morgan fingerprint density at radius 3 is 2.62 bits per heavy atom. The van der Waals surface area contributed by atoms with Gasteiger partial charge in [-0.3, -0.25) is 4.79 Å². The van der Waals surface area contributed by atoms with Crippen LogP contribution in [0.4, 0.5) is 10.1 Å². The number of hydrogen-bond acceptors (Lipinski definition) is 3. The predicted molar refractivity (Wildman–Crippen MR) is 76.7 cm³/mol. The van der Waals surface area contributed by atoms with E-state index in [1.165, 1.54) is 12.1 Å². The van der Waals surface area contributed by atoms with Crippen LogP contribution < -0.4 is 10.1 Å². The molecule has 1 N–H and O–H groups in total. The third-order valence-electron chi connectivity index (χ3n) is 2.55. The number of anilines is 1. The van der Waals surface area contributed by atoms with Gasteiger partial charge in [0.25, 0.3) is 5.91 Å². The quantitative estimate of drug-likeness (QED) is 0.942. The molecule has 1 amide bonds. The van der Waals surface area contributed by atoms with Crippen LogP contribution >= 0.6 is 11.6 Å². The molecular weight excluding hydrogens is 295 g/mol. The van der Waals surface area contributed by atoms with E-state index < -0.39 is 11.7 Å². The number of ether oxygens (including phenoxy) is 1. The Hall–Kier alpha value is -2.58. The third kappa shape index (κ3) is 4.20. The van der Waals surface area contributed by atoms with Gasteiger partial charge in [-0.2, -0.15) is 5.26 Å². The zero-order valence-corrected chi connectivity index (χ0v) is 11.5. The van der Waals surface area contributed by atoms with E-state index in [0.717, 1.165) is 6.07 Å². The van der Waals surface area contributed by atoms with E-state index in [9.17, 15) is 9.18 Å². The topological polar surface area (TPSA) is 62.1 Å². The van der Waals surface area contributed by atoms with Crippen molar-refractivity contribution in [2.45, 2.75) is 0 Å².